The van der Waals surface area contributed by atoms with Gasteiger partial charge >= 0.3 is 11.9 Å². The van der Waals surface area contributed by atoms with E-state index >= 15 is 0 Å². The number of hydrogen-bond acceptors (Lipinski definition) is 4. The molecule has 0 saturated carbocycles. The van der Waals surface area contributed by atoms with Crippen LogP contribution in [0.1, 0.15) is 27.2 Å². The molecule has 0 saturated heterocycles. The molecule has 84 valence electrons. The molecule has 0 aromatic carbocycles. The van der Waals surface area contributed by atoms with Crippen molar-refractivity contribution in [3.05, 3.63) is 11.6 Å². The molecule has 0 radical (unpaired) electrons. The third-order valence-electron chi connectivity index (χ3n) is 2.35. The van der Waals surface area contributed by atoms with E-state index in [0.717, 1.165) is 5.57 Å². The van der Waals surface area contributed by atoms with Crippen molar-refractivity contribution in [3.8, 4) is 0 Å². The van der Waals surface area contributed by atoms with Gasteiger partial charge in [0.15, 0.2) is 0 Å². The molecule has 15 heavy (non-hydrogen) atoms. The fraction of sp³-hybridized carbons (Fsp3) is 0.636. The van der Waals surface area contributed by atoms with Crippen LogP contribution in [0.4, 0.5) is 0 Å². The molecule has 0 aromatic heterocycles. The zero-order valence-corrected chi connectivity index (χ0v) is 9.28. The van der Waals surface area contributed by atoms with Crippen molar-refractivity contribution >= 4 is 11.9 Å². The summed E-state index contributed by atoms with van der Waals surface area (Å²) in [7, 11) is 0. The Balaban J connectivity index is 2.56. The number of esters is 2. The fourth-order valence-corrected chi connectivity index (χ4v) is 1.72. The largest absolute Gasteiger partial charge is 0.466 e. The lowest BCUT2D eigenvalue weighted by Gasteiger charge is -2.12. The fourth-order valence-electron chi connectivity index (χ4n) is 1.72. The predicted molar refractivity (Wildman–Crippen MR) is 54.1 cm³/mol. The summed E-state index contributed by atoms with van der Waals surface area (Å²) in [6, 6.07) is 0. The molecular weight excluding hydrogens is 196 g/mol. The predicted octanol–water partition coefficient (Wildman–Crippen LogP) is 1.45. The minimum absolute atomic E-state index is 0.235. The van der Waals surface area contributed by atoms with E-state index in [1.165, 1.54) is 6.92 Å². The first kappa shape index (κ1) is 11.8. The zero-order valence-electron chi connectivity index (χ0n) is 9.28. The monoisotopic (exact) mass is 212 g/mol. The van der Waals surface area contributed by atoms with Crippen molar-refractivity contribution in [1.29, 1.82) is 0 Å². The van der Waals surface area contributed by atoms with Gasteiger partial charge in [0.1, 0.15) is 6.10 Å². The third kappa shape index (κ3) is 3.08. The van der Waals surface area contributed by atoms with Crippen LogP contribution in [-0.4, -0.2) is 24.6 Å². The summed E-state index contributed by atoms with van der Waals surface area (Å²) in [5, 5.41) is 0. The molecule has 4 nitrogen and oxygen atoms in total. The molecule has 1 rings (SSSR count). The maximum atomic E-state index is 11.5. The third-order valence-corrected chi connectivity index (χ3v) is 2.35. The van der Waals surface area contributed by atoms with Gasteiger partial charge in [0.2, 0.25) is 0 Å². The summed E-state index contributed by atoms with van der Waals surface area (Å²) < 4.78 is 9.95. The van der Waals surface area contributed by atoms with Gasteiger partial charge in [0.05, 0.1) is 12.5 Å². The molecular formula is C11H16O4. The Morgan fingerprint density at radius 1 is 1.53 bits per heavy atom. The Morgan fingerprint density at radius 3 is 2.73 bits per heavy atom. The van der Waals surface area contributed by atoms with E-state index in [4.69, 9.17) is 9.47 Å². The van der Waals surface area contributed by atoms with E-state index in [2.05, 4.69) is 0 Å². The minimum Gasteiger partial charge on any atom is -0.466 e. The van der Waals surface area contributed by atoms with Crippen LogP contribution < -0.4 is 0 Å². The smallest absolute Gasteiger partial charge is 0.313 e. The highest BCUT2D eigenvalue weighted by atomic mass is 16.5. The molecule has 0 unspecified atom stereocenters. The van der Waals surface area contributed by atoms with Crippen molar-refractivity contribution in [1.82, 2.24) is 0 Å². The molecule has 0 aliphatic heterocycles. The van der Waals surface area contributed by atoms with Gasteiger partial charge in [-0.05, 0) is 19.9 Å². The second-order valence-electron chi connectivity index (χ2n) is 3.60. The summed E-state index contributed by atoms with van der Waals surface area (Å²) in [6.45, 7) is 5.36. The van der Waals surface area contributed by atoms with Crippen molar-refractivity contribution in [2.75, 3.05) is 6.61 Å². The molecule has 0 heterocycles. The van der Waals surface area contributed by atoms with Crippen LogP contribution in [0, 0.1) is 5.92 Å². The summed E-state index contributed by atoms with van der Waals surface area (Å²) >= 11 is 0. The van der Waals surface area contributed by atoms with Crippen LogP contribution in [0.2, 0.25) is 0 Å². The van der Waals surface area contributed by atoms with E-state index < -0.39 is 0 Å². The van der Waals surface area contributed by atoms with Crippen LogP contribution in [0.15, 0.2) is 11.6 Å². The van der Waals surface area contributed by atoms with Crippen LogP contribution in [-0.2, 0) is 19.1 Å². The molecule has 2 atom stereocenters. The molecule has 0 spiro atoms. The minimum atomic E-state index is -0.325. The highest BCUT2D eigenvalue weighted by molar-refractivity contribution is 5.77. The average molecular weight is 212 g/mol. The van der Waals surface area contributed by atoms with Gasteiger partial charge in [0.25, 0.3) is 0 Å². The van der Waals surface area contributed by atoms with E-state index in [-0.39, 0.29) is 24.0 Å². The highest BCUT2D eigenvalue weighted by Gasteiger charge is 2.31. The number of ether oxygens (including phenoxy) is 2. The van der Waals surface area contributed by atoms with E-state index in [1.807, 2.05) is 13.0 Å². The van der Waals surface area contributed by atoms with Gasteiger partial charge in [-0.3, -0.25) is 9.59 Å². The van der Waals surface area contributed by atoms with Gasteiger partial charge in [-0.1, -0.05) is 5.57 Å². The first-order chi connectivity index (χ1) is 7.04. The Kier molecular flexibility index (Phi) is 3.88. The first-order valence-corrected chi connectivity index (χ1v) is 5.06. The van der Waals surface area contributed by atoms with Crippen molar-refractivity contribution in [2.45, 2.75) is 33.3 Å². The lowest BCUT2D eigenvalue weighted by atomic mass is 10.0. The lowest BCUT2D eigenvalue weighted by molar-refractivity contribution is -0.150. The second kappa shape index (κ2) is 4.96. The van der Waals surface area contributed by atoms with Crippen molar-refractivity contribution in [3.63, 3.8) is 0 Å². The van der Waals surface area contributed by atoms with Crippen molar-refractivity contribution < 1.29 is 19.1 Å². The maximum absolute atomic E-state index is 11.5. The first-order valence-electron chi connectivity index (χ1n) is 5.06. The second-order valence-corrected chi connectivity index (χ2v) is 3.60. The number of carbonyl (C=O) groups excluding carboxylic acids is 2. The number of rotatable bonds is 3. The quantitative estimate of drug-likeness (QED) is 0.525. The van der Waals surface area contributed by atoms with Gasteiger partial charge in [-0.2, -0.15) is 0 Å². The Labute approximate surface area is 89.2 Å². The number of hydrogen-bond donors (Lipinski definition) is 0. The van der Waals surface area contributed by atoms with E-state index in [1.54, 1.807) is 6.92 Å². The summed E-state index contributed by atoms with van der Waals surface area (Å²) in [4.78, 5) is 22.2. The van der Waals surface area contributed by atoms with Crippen molar-refractivity contribution in [2.24, 2.45) is 5.92 Å². The Morgan fingerprint density at radius 2 is 2.20 bits per heavy atom. The zero-order chi connectivity index (χ0) is 11.4. The SMILES string of the molecule is CCOC(=O)[C@@H]1C[C@H](OC(C)=O)C=C1C. The van der Waals surface area contributed by atoms with Crippen LogP contribution >= 0.6 is 0 Å². The molecule has 0 N–H and O–H groups in total. The van der Waals surface area contributed by atoms with Gasteiger partial charge in [0, 0.05) is 13.3 Å². The number of carbonyl (C=O) groups is 2. The Bertz CT molecular complexity index is 293. The summed E-state index contributed by atoms with van der Waals surface area (Å²) in [5.41, 5.74) is 0.916. The highest BCUT2D eigenvalue weighted by Crippen LogP contribution is 2.28. The molecule has 0 amide bonds. The molecule has 4 heteroatoms. The van der Waals surface area contributed by atoms with Crippen LogP contribution in [0.5, 0.6) is 0 Å². The topological polar surface area (TPSA) is 52.6 Å². The molecule has 0 fully saturated rings. The van der Waals surface area contributed by atoms with E-state index in [9.17, 15) is 9.59 Å². The Hall–Kier alpha value is -1.32. The lowest BCUT2D eigenvalue weighted by Crippen LogP contribution is -2.20. The maximum Gasteiger partial charge on any atom is 0.313 e. The molecule has 0 aromatic rings. The standard InChI is InChI=1S/C11H16O4/c1-4-14-11(13)10-6-9(5-7(10)2)15-8(3)12/h5,9-10H,4,6H2,1-3H3/t9-,10-/m1/s1. The molecule has 1 aliphatic rings. The van der Waals surface area contributed by atoms with Gasteiger partial charge in [-0.15, -0.1) is 0 Å². The summed E-state index contributed by atoms with van der Waals surface area (Å²) in [6.07, 6.45) is 2.03. The summed E-state index contributed by atoms with van der Waals surface area (Å²) in [5.74, 6) is -0.816. The van der Waals surface area contributed by atoms with Crippen LogP contribution in [0.25, 0.3) is 0 Å². The van der Waals surface area contributed by atoms with Gasteiger partial charge < -0.3 is 9.47 Å². The molecule has 1 aliphatic carbocycles. The van der Waals surface area contributed by atoms with Crippen LogP contribution in [0.3, 0.4) is 0 Å². The average Bonchev–Trinajstić information content (AvgIpc) is 2.46. The molecule has 0 bridgehead atoms. The van der Waals surface area contributed by atoms with Gasteiger partial charge in [-0.25, -0.2) is 0 Å². The normalized spacial score (nSPS) is 24.6. The van der Waals surface area contributed by atoms with E-state index in [0.29, 0.717) is 13.0 Å².